The molecule has 2 amide bonds. The molecule has 1 N–H and O–H groups in total. The van der Waals surface area contributed by atoms with E-state index in [-0.39, 0.29) is 18.7 Å². The molecular formula is C14H15NO4. The third kappa shape index (κ3) is 2.36. The largest absolute Gasteiger partial charge is 0.481 e. The summed E-state index contributed by atoms with van der Waals surface area (Å²) >= 11 is 0. The number of amides is 2. The second-order valence-electron chi connectivity index (χ2n) is 4.81. The lowest BCUT2D eigenvalue weighted by molar-refractivity contribution is -0.140. The van der Waals surface area contributed by atoms with Gasteiger partial charge < -0.3 is 5.11 Å². The number of hydrogen-bond acceptors (Lipinski definition) is 3. The van der Waals surface area contributed by atoms with Crippen LogP contribution in [0.5, 0.6) is 0 Å². The Morgan fingerprint density at radius 2 is 1.89 bits per heavy atom. The van der Waals surface area contributed by atoms with Crippen LogP contribution in [0.3, 0.4) is 0 Å². The Hall–Kier alpha value is -2.17. The quantitative estimate of drug-likeness (QED) is 0.840. The van der Waals surface area contributed by atoms with Crippen molar-refractivity contribution in [2.45, 2.75) is 26.7 Å². The maximum Gasteiger partial charge on any atom is 0.304 e. The van der Waals surface area contributed by atoms with Crippen molar-refractivity contribution < 1.29 is 19.5 Å². The number of anilines is 1. The summed E-state index contributed by atoms with van der Waals surface area (Å²) in [4.78, 5) is 36.0. The van der Waals surface area contributed by atoms with Gasteiger partial charge in [0, 0.05) is 6.42 Å². The Morgan fingerprint density at radius 1 is 1.32 bits per heavy atom. The number of carbonyl (C=O) groups is 3. The van der Waals surface area contributed by atoms with Crippen molar-refractivity contribution in [1.82, 2.24) is 0 Å². The van der Waals surface area contributed by atoms with Gasteiger partial charge in [0.25, 0.3) is 0 Å². The summed E-state index contributed by atoms with van der Waals surface area (Å²) < 4.78 is 0. The minimum Gasteiger partial charge on any atom is -0.481 e. The molecule has 2 rings (SSSR count). The van der Waals surface area contributed by atoms with E-state index >= 15 is 0 Å². The van der Waals surface area contributed by atoms with Gasteiger partial charge in [0.15, 0.2) is 0 Å². The average Bonchev–Trinajstić information content (AvgIpc) is 2.55. The monoisotopic (exact) mass is 261 g/mol. The Labute approximate surface area is 110 Å². The summed E-state index contributed by atoms with van der Waals surface area (Å²) in [6, 6.07) is 5.51. The van der Waals surface area contributed by atoms with Crippen LogP contribution >= 0.6 is 0 Å². The minimum absolute atomic E-state index is 0.0289. The molecule has 1 aliphatic heterocycles. The van der Waals surface area contributed by atoms with Crippen LogP contribution in [0.25, 0.3) is 0 Å². The minimum atomic E-state index is -1.06. The van der Waals surface area contributed by atoms with Crippen molar-refractivity contribution in [2.24, 2.45) is 5.92 Å². The SMILES string of the molecule is Cc1cccc(C)c1N1C(=O)C[C@@H](CC(=O)O)C1=O. The second kappa shape index (κ2) is 4.84. The van der Waals surface area contributed by atoms with Crippen molar-refractivity contribution in [3.63, 3.8) is 0 Å². The number of nitrogens with zero attached hydrogens (tertiary/aromatic N) is 1. The van der Waals surface area contributed by atoms with E-state index in [4.69, 9.17) is 5.11 Å². The lowest BCUT2D eigenvalue weighted by Gasteiger charge is -2.19. The first-order valence-electron chi connectivity index (χ1n) is 6.06. The van der Waals surface area contributed by atoms with E-state index in [0.717, 1.165) is 16.0 Å². The van der Waals surface area contributed by atoms with Crippen LogP contribution in [-0.4, -0.2) is 22.9 Å². The van der Waals surface area contributed by atoms with Crippen LogP contribution in [-0.2, 0) is 14.4 Å². The highest BCUT2D eigenvalue weighted by molar-refractivity contribution is 6.22. The van der Waals surface area contributed by atoms with E-state index in [1.807, 2.05) is 32.0 Å². The predicted octanol–water partition coefficient (Wildman–Crippen LogP) is 1.66. The maximum absolute atomic E-state index is 12.2. The van der Waals surface area contributed by atoms with Gasteiger partial charge in [-0.25, -0.2) is 4.90 Å². The Bertz CT molecular complexity index is 544. The molecule has 1 aromatic rings. The molecule has 0 aromatic heterocycles. The first-order chi connectivity index (χ1) is 8.91. The number of imide groups is 1. The van der Waals surface area contributed by atoms with Crippen molar-refractivity contribution in [3.8, 4) is 0 Å². The van der Waals surface area contributed by atoms with Gasteiger partial charge in [-0.2, -0.15) is 0 Å². The molecule has 0 aliphatic carbocycles. The average molecular weight is 261 g/mol. The molecule has 1 aliphatic rings. The molecule has 5 nitrogen and oxygen atoms in total. The molecule has 5 heteroatoms. The summed E-state index contributed by atoms with van der Waals surface area (Å²) in [5.41, 5.74) is 2.25. The van der Waals surface area contributed by atoms with Gasteiger partial charge in [-0.1, -0.05) is 18.2 Å². The van der Waals surface area contributed by atoms with Crippen LogP contribution in [0.4, 0.5) is 5.69 Å². The lowest BCUT2D eigenvalue weighted by Crippen LogP contribution is -2.32. The van der Waals surface area contributed by atoms with Gasteiger partial charge >= 0.3 is 5.97 Å². The summed E-state index contributed by atoms with van der Waals surface area (Å²) in [6.07, 6.45) is -0.328. The number of para-hydroxylation sites is 1. The summed E-state index contributed by atoms with van der Waals surface area (Å²) in [5, 5.41) is 8.76. The number of carboxylic acids is 1. The summed E-state index contributed by atoms with van der Waals surface area (Å²) in [5.74, 6) is -2.54. The molecule has 0 saturated carbocycles. The number of carbonyl (C=O) groups excluding carboxylic acids is 2. The number of aryl methyl sites for hydroxylation is 2. The highest BCUT2D eigenvalue weighted by Crippen LogP contribution is 2.32. The molecule has 1 fully saturated rings. The molecule has 1 aromatic carbocycles. The maximum atomic E-state index is 12.2. The molecule has 1 atom stereocenters. The van der Waals surface area contributed by atoms with Crippen LogP contribution in [0, 0.1) is 19.8 Å². The smallest absolute Gasteiger partial charge is 0.304 e. The number of hydrogen-bond donors (Lipinski definition) is 1. The molecule has 19 heavy (non-hydrogen) atoms. The third-order valence-corrected chi connectivity index (χ3v) is 3.32. The summed E-state index contributed by atoms with van der Waals surface area (Å²) in [6.45, 7) is 3.65. The zero-order valence-corrected chi connectivity index (χ0v) is 10.8. The molecule has 0 bridgehead atoms. The Balaban J connectivity index is 2.38. The van der Waals surface area contributed by atoms with Crippen molar-refractivity contribution in [3.05, 3.63) is 29.3 Å². The third-order valence-electron chi connectivity index (χ3n) is 3.32. The Kier molecular flexibility index (Phi) is 3.38. The fourth-order valence-corrected chi connectivity index (χ4v) is 2.46. The van der Waals surface area contributed by atoms with Crippen LogP contribution in [0.2, 0.25) is 0 Å². The standard InChI is InChI=1S/C14H15NO4/c1-8-4-3-5-9(2)13(8)15-11(16)6-10(14(15)19)7-12(17)18/h3-5,10H,6-7H2,1-2H3,(H,17,18)/t10-/m0/s1. The van der Waals surface area contributed by atoms with Gasteiger partial charge in [-0.05, 0) is 25.0 Å². The van der Waals surface area contributed by atoms with E-state index in [1.165, 1.54) is 0 Å². The normalized spacial score (nSPS) is 19.1. The molecule has 0 radical (unpaired) electrons. The molecule has 1 saturated heterocycles. The van der Waals surface area contributed by atoms with Gasteiger partial charge in [0.05, 0.1) is 18.0 Å². The van der Waals surface area contributed by atoms with Crippen molar-refractivity contribution >= 4 is 23.5 Å². The lowest BCUT2D eigenvalue weighted by atomic mass is 10.0. The second-order valence-corrected chi connectivity index (χ2v) is 4.81. The van der Waals surface area contributed by atoms with E-state index < -0.39 is 17.8 Å². The first kappa shape index (κ1) is 13.3. The van der Waals surface area contributed by atoms with Gasteiger partial charge in [-0.15, -0.1) is 0 Å². The van der Waals surface area contributed by atoms with Gasteiger partial charge in [0.1, 0.15) is 0 Å². The fraction of sp³-hybridized carbons (Fsp3) is 0.357. The van der Waals surface area contributed by atoms with Crippen molar-refractivity contribution in [1.29, 1.82) is 0 Å². The fourth-order valence-electron chi connectivity index (χ4n) is 2.46. The number of aliphatic carboxylic acids is 1. The molecule has 100 valence electrons. The van der Waals surface area contributed by atoms with E-state index in [1.54, 1.807) is 0 Å². The van der Waals surface area contributed by atoms with Crippen LogP contribution in [0.15, 0.2) is 18.2 Å². The predicted molar refractivity (Wildman–Crippen MR) is 68.8 cm³/mol. The number of carboxylic acid groups (broad SMARTS) is 1. The number of rotatable bonds is 3. The molecule has 0 spiro atoms. The summed E-state index contributed by atoms with van der Waals surface area (Å²) in [7, 11) is 0. The van der Waals surface area contributed by atoms with Gasteiger partial charge in [-0.3, -0.25) is 14.4 Å². The zero-order chi connectivity index (χ0) is 14.2. The van der Waals surface area contributed by atoms with E-state index in [2.05, 4.69) is 0 Å². The topological polar surface area (TPSA) is 74.7 Å². The highest BCUT2D eigenvalue weighted by Gasteiger charge is 2.41. The first-order valence-corrected chi connectivity index (χ1v) is 6.06. The zero-order valence-electron chi connectivity index (χ0n) is 10.8. The van der Waals surface area contributed by atoms with Gasteiger partial charge in [0.2, 0.25) is 11.8 Å². The molecule has 1 heterocycles. The van der Waals surface area contributed by atoms with E-state index in [0.29, 0.717) is 5.69 Å². The Morgan fingerprint density at radius 3 is 2.42 bits per heavy atom. The number of benzene rings is 1. The van der Waals surface area contributed by atoms with Crippen molar-refractivity contribution in [2.75, 3.05) is 4.90 Å². The molecule has 0 unspecified atom stereocenters. The molecular weight excluding hydrogens is 246 g/mol. The highest BCUT2D eigenvalue weighted by atomic mass is 16.4. The van der Waals surface area contributed by atoms with Crippen LogP contribution < -0.4 is 4.90 Å². The van der Waals surface area contributed by atoms with E-state index in [9.17, 15) is 14.4 Å². The van der Waals surface area contributed by atoms with Crippen LogP contribution in [0.1, 0.15) is 24.0 Å².